The first-order valence-electron chi connectivity index (χ1n) is 11.0. The van der Waals surface area contributed by atoms with Crippen molar-refractivity contribution < 1.29 is 13.5 Å². The Morgan fingerprint density at radius 1 is 1.13 bits per heavy atom. The van der Waals surface area contributed by atoms with E-state index in [1.807, 2.05) is 32.0 Å². The Labute approximate surface area is 178 Å². The van der Waals surface area contributed by atoms with Crippen LogP contribution < -0.4 is 9.64 Å². The summed E-state index contributed by atoms with van der Waals surface area (Å²) in [5, 5.41) is 0. The Hall–Kier alpha value is -2.14. The van der Waals surface area contributed by atoms with Gasteiger partial charge in [-0.2, -0.15) is 0 Å². The second-order valence-corrected chi connectivity index (χ2v) is 9.20. The van der Waals surface area contributed by atoms with Crippen molar-refractivity contribution in [3.63, 3.8) is 0 Å². The lowest BCUT2D eigenvalue weighted by molar-refractivity contribution is 0.0958. The SMILES string of the molecule is CC(C)Oc1cccc(CN2CC[C@@]3(CC(F)CN3c3cccc(F)c3)C[C@H]2C)c1. The lowest BCUT2D eigenvalue weighted by Crippen LogP contribution is -2.55. The maximum Gasteiger partial charge on any atom is 0.125 e. The van der Waals surface area contributed by atoms with Gasteiger partial charge in [0.05, 0.1) is 6.10 Å². The minimum Gasteiger partial charge on any atom is -0.491 e. The van der Waals surface area contributed by atoms with E-state index in [2.05, 4.69) is 28.9 Å². The highest BCUT2D eigenvalue weighted by molar-refractivity contribution is 5.51. The highest BCUT2D eigenvalue weighted by atomic mass is 19.1. The summed E-state index contributed by atoms with van der Waals surface area (Å²) in [6, 6.07) is 15.2. The smallest absolute Gasteiger partial charge is 0.125 e. The maximum atomic E-state index is 14.5. The van der Waals surface area contributed by atoms with E-state index in [9.17, 15) is 8.78 Å². The third-order valence-electron chi connectivity index (χ3n) is 6.49. The number of alkyl halides is 1. The van der Waals surface area contributed by atoms with E-state index in [0.29, 0.717) is 19.0 Å². The van der Waals surface area contributed by atoms with Gasteiger partial charge in [-0.1, -0.05) is 18.2 Å². The summed E-state index contributed by atoms with van der Waals surface area (Å²) in [5.74, 6) is 0.635. The number of hydrogen-bond donors (Lipinski definition) is 0. The van der Waals surface area contributed by atoms with Gasteiger partial charge in [0, 0.05) is 43.3 Å². The number of ether oxygens (including phenoxy) is 1. The first kappa shape index (κ1) is 21.1. The molecule has 2 heterocycles. The summed E-state index contributed by atoms with van der Waals surface area (Å²) in [7, 11) is 0. The lowest BCUT2D eigenvalue weighted by Gasteiger charge is -2.49. The molecule has 4 rings (SSSR count). The molecular weight excluding hydrogens is 382 g/mol. The van der Waals surface area contributed by atoms with Gasteiger partial charge in [-0.05, 0) is 69.5 Å². The van der Waals surface area contributed by atoms with Crippen molar-refractivity contribution in [2.45, 2.75) is 70.4 Å². The zero-order valence-corrected chi connectivity index (χ0v) is 18.2. The van der Waals surface area contributed by atoms with E-state index in [4.69, 9.17) is 4.74 Å². The molecular formula is C25H32F2N2O. The molecule has 3 nitrogen and oxygen atoms in total. The van der Waals surface area contributed by atoms with Crippen LogP contribution in [0.3, 0.4) is 0 Å². The van der Waals surface area contributed by atoms with Crippen molar-refractivity contribution in [2.24, 2.45) is 0 Å². The molecule has 2 saturated heterocycles. The molecule has 1 spiro atoms. The van der Waals surface area contributed by atoms with Gasteiger partial charge in [0.15, 0.2) is 0 Å². The highest BCUT2D eigenvalue weighted by Gasteiger charge is 2.49. The molecule has 0 aromatic heterocycles. The summed E-state index contributed by atoms with van der Waals surface area (Å²) in [4.78, 5) is 4.60. The summed E-state index contributed by atoms with van der Waals surface area (Å²) < 4.78 is 34.2. The minimum absolute atomic E-state index is 0.152. The number of hydrogen-bond acceptors (Lipinski definition) is 3. The van der Waals surface area contributed by atoms with E-state index in [-0.39, 0.29) is 17.5 Å². The molecule has 2 fully saturated rings. The van der Waals surface area contributed by atoms with Crippen LogP contribution in [-0.2, 0) is 6.54 Å². The molecule has 0 saturated carbocycles. The van der Waals surface area contributed by atoms with Gasteiger partial charge in [0.25, 0.3) is 0 Å². The van der Waals surface area contributed by atoms with Crippen LogP contribution in [0.25, 0.3) is 0 Å². The van der Waals surface area contributed by atoms with E-state index >= 15 is 0 Å². The highest BCUT2D eigenvalue weighted by Crippen LogP contribution is 2.44. The van der Waals surface area contributed by atoms with Crippen LogP contribution in [0.4, 0.5) is 14.5 Å². The fourth-order valence-electron chi connectivity index (χ4n) is 5.24. The van der Waals surface area contributed by atoms with Crippen molar-refractivity contribution in [1.29, 1.82) is 0 Å². The molecule has 2 aromatic rings. The van der Waals surface area contributed by atoms with Crippen LogP contribution in [0.15, 0.2) is 48.5 Å². The van der Waals surface area contributed by atoms with Gasteiger partial charge in [-0.3, -0.25) is 4.90 Å². The molecule has 1 unspecified atom stereocenters. The number of likely N-dealkylation sites (tertiary alicyclic amines) is 1. The number of rotatable bonds is 5. The summed E-state index contributed by atoms with van der Waals surface area (Å²) in [6.07, 6.45) is 1.58. The van der Waals surface area contributed by atoms with Gasteiger partial charge in [-0.15, -0.1) is 0 Å². The molecule has 162 valence electrons. The molecule has 30 heavy (non-hydrogen) atoms. The van der Waals surface area contributed by atoms with E-state index in [0.717, 1.165) is 37.4 Å². The zero-order valence-electron chi connectivity index (χ0n) is 18.2. The predicted octanol–water partition coefficient (Wildman–Crippen LogP) is 5.58. The predicted molar refractivity (Wildman–Crippen MR) is 117 cm³/mol. The maximum absolute atomic E-state index is 14.5. The second-order valence-electron chi connectivity index (χ2n) is 9.20. The number of nitrogens with zero attached hydrogens (tertiary/aromatic N) is 2. The fourth-order valence-corrected chi connectivity index (χ4v) is 5.24. The topological polar surface area (TPSA) is 15.7 Å². The van der Waals surface area contributed by atoms with Crippen LogP contribution in [0, 0.1) is 5.82 Å². The molecule has 3 atom stereocenters. The average molecular weight is 415 g/mol. The van der Waals surface area contributed by atoms with Gasteiger partial charge in [0.2, 0.25) is 0 Å². The molecule has 5 heteroatoms. The monoisotopic (exact) mass is 414 g/mol. The summed E-state index contributed by atoms with van der Waals surface area (Å²) in [6.45, 7) is 8.39. The van der Waals surface area contributed by atoms with Gasteiger partial charge in [-0.25, -0.2) is 8.78 Å². The Bertz CT molecular complexity index is 874. The van der Waals surface area contributed by atoms with Crippen molar-refractivity contribution in [2.75, 3.05) is 18.0 Å². The quantitative estimate of drug-likeness (QED) is 0.635. The van der Waals surface area contributed by atoms with E-state index in [1.54, 1.807) is 6.07 Å². The summed E-state index contributed by atoms with van der Waals surface area (Å²) in [5.41, 5.74) is 1.80. The number of anilines is 1. The summed E-state index contributed by atoms with van der Waals surface area (Å²) >= 11 is 0. The van der Waals surface area contributed by atoms with Gasteiger partial charge < -0.3 is 9.64 Å². The first-order valence-corrected chi connectivity index (χ1v) is 11.0. The standard InChI is InChI=1S/C25H32F2N2O/c1-18(2)30-24-9-4-6-20(12-24)16-28-11-10-25(14-19(28)3)15-22(27)17-29(25)23-8-5-7-21(26)13-23/h4-9,12-13,18-19,22H,10-11,14-17H2,1-3H3/t19-,22?,25+/m1/s1. The molecule has 0 N–H and O–H groups in total. The van der Waals surface area contributed by atoms with Crippen molar-refractivity contribution in [3.8, 4) is 5.75 Å². The molecule has 2 aliphatic rings. The molecule has 2 aromatic carbocycles. The molecule has 2 aliphatic heterocycles. The molecule has 0 bridgehead atoms. The number of benzene rings is 2. The third kappa shape index (κ3) is 4.46. The van der Waals surface area contributed by atoms with Gasteiger partial charge >= 0.3 is 0 Å². The van der Waals surface area contributed by atoms with E-state index in [1.165, 1.54) is 17.7 Å². The largest absolute Gasteiger partial charge is 0.491 e. The normalized spacial score (nSPS) is 27.2. The average Bonchev–Trinajstić information content (AvgIpc) is 2.99. The van der Waals surface area contributed by atoms with Gasteiger partial charge in [0.1, 0.15) is 17.7 Å². The molecule has 0 aliphatic carbocycles. The van der Waals surface area contributed by atoms with Crippen LogP contribution in [0.1, 0.15) is 45.6 Å². The van der Waals surface area contributed by atoms with Crippen LogP contribution in [-0.4, -0.2) is 41.8 Å². The molecule has 0 radical (unpaired) electrons. The Morgan fingerprint density at radius 2 is 1.93 bits per heavy atom. The van der Waals surface area contributed by atoms with Crippen LogP contribution >= 0.6 is 0 Å². The lowest BCUT2D eigenvalue weighted by atomic mass is 9.80. The van der Waals surface area contributed by atoms with E-state index < -0.39 is 6.17 Å². The Morgan fingerprint density at radius 3 is 2.67 bits per heavy atom. The Kier molecular flexibility index (Phi) is 6.01. The Balaban J connectivity index is 1.48. The van der Waals surface area contributed by atoms with Crippen molar-refractivity contribution in [1.82, 2.24) is 4.90 Å². The third-order valence-corrected chi connectivity index (χ3v) is 6.49. The molecule has 0 amide bonds. The van der Waals surface area contributed by atoms with Crippen molar-refractivity contribution in [3.05, 3.63) is 59.9 Å². The fraction of sp³-hybridized carbons (Fsp3) is 0.520. The first-order chi connectivity index (χ1) is 14.3. The van der Waals surface area contributed by atoms with Crippen LogP contribution in [0.2, 0.25) is 0 Å². The zero-order chi connectivity index (χ0) is 21.3. The second kappa shape index (κ2) is 8.54. The number of halogens is 2. The van der Waals surface area contributed by atoms with Crippen molar-refractivity contribution >= 4 is 5.69 Å². The van der Waals surface area contributed by atoms with Crippen LogP contribution in [0.5, 0.6) is 5.75 Å². The number of piperidine rings is 1. The minimum atomic E-state index is -0.864.